The largest absolute Gasteiger partial charge is 0.469 e. The summed E-state index contributed by atoms with van der Waals surface area (Å²) in [7, 11) is 3.34. The van der Waals surface area contributed by atoms with Gasteiger partial charge in [0.2, 0.25) is 5.91 Å². The second-order valence-electron chi connectivity index (χ2n) is 7.35. The fourth-order valence-electron chi connectivity index (χ4n) is 4.47. The van der Waals surface area contributed by atoms with Crippen LogP contribution in [-0.4, -0.2) is 55.0 Å². The highest BCUT2D eigenvalue weighted by atomic mass is 16.5. The van der Waals surface area contributed by atoms with Crippen LogP contribution >= 0.6 is 0 Å². The van der Waals surface area contributed by atoms with E-state index in [1.165, 1.54) is 29.4 Å². The molecule has 0 unspecified atom stereocenters. The first-order valence-corrected chi connectivity index (χ1v) is 9.39. The number of ether oxygens (including phenoxy) is 1. The lowest BCUT2D eigenvalue weighted by Gasteiger charge is -2.44. The molecule has 1 amide bonds. The van der Waals surface area contributed by atoms with E-state index in [-0.39, 0.29) is 30.4 Å². The molecule has 0 saturated carbocycles. The predicted molar refractivity (Wildman–Crippen MR) is 105 cm³/mol. The molecule has 1 atom stereocenters. The van der Waals surface area contributed by atoms with E-state index in [1.807, 2.05) is 11.9 Å². The van der Waals surface area contributed by atoms with Crippen molar-refractivity contribution in [3.05, 3.63) is 70.8 Å². The Kier molecular flexibility index (Phi) is 4.60. The Balaban J connectivity index is 1.87. The smallest absolute Gasteiger partial charge is 0.284 e. The van der Waals surface area contributed by atoms with Gasteiger partial charge in [0, 0.05) is 19.5 Å². The maximum atomic E-state index is 12.3. The van der Waals surface area contributed by atoms with Gasteiger partial charge in [-0.15, -0.1) is 0 Å². The Morgan fingerprint density at radius 1 is 1.04 bits per heavy atom. The molecule has 5 heteroatoms. The lowest BCUT2D eigenvalue weighted by molar-refractivity contribution is -0.135. The number of likely N-dealkylation sites (N-methyl/N-ethyl adjacent to an activating group) is 1. The molecule has 1 aliphatic heterocycles. The molecule has 2 aliphatic rings. The number of fused-ring (bicyclic) bond motifs is 2. The maximum Gasteiger partial charge on any atom is 0.284 e. The van der Waals surface area contributed by atoms with Gasteiger partial charge in [-0.3, -0.25) is 10.2 Å². The molecule has 1 N–H and O–H groups in total. The average Bonchev–Trinajstić information content (AvgIpc) is 2.86. The van der Waals surface area contributed by atoms with Gasteiger partial charge in [-0.05, 0) is 35.1 Å². The minimum atomic E-state index is -0.0412. The number of piperazine rings is 1. The monoisotopic (exact) mass is 363 g/mol. The minimum Gasteiger partial charge on any atom is -0.469 e. The summed E-state index contributed by atoms with van der Waals surface area (Å²) in [5, 5.41) is 8.29. The van der Waals surface area contributed by atoms with Crippen molar-refractivity contribution in [3.63, 3.8) is 0 Å². The van der Waals surface area contributed by atoms with Crippen LogP contribution in [0, 0.1) is 5.41 Å². The van der Waals surface area contributed by atoms with Crippen LogP contribution in [0.15, 0.2) is 48.5 Å². The van der Waals surface area contributed by atoms with Crippen LogP contribution < -0.4 is 0 Å². The number of amides is 1. The second-order valence-corrected chi connectivity index (χ2v) is 7.35. The van der Waals surface area contributed by atoms with E-state index in [4.69, 9.17) is 10.1 Å². The summed E-state index contributed by atoms with van der Waals surface area (Å²) in [6, 6.07) is 17.2. The molecule has 0 bridgehead atoms. The minimum absolute atomic E-state index is 0.0169. The molecule has 2 aromatic carbocycles. The summed E-state index contributed by atoms with van der Waals surface area (Å²) in [4.78, 5) is 15.9. The van der Waals surface area contributed by atoms with Gasteiger partial charge in [-0.1, -0.05) is 48.5 Å². The number of rotatable bonds is 1. The average molecular weight is 363 g/mol. The van der Waals surface area contributed by atoms with Crippen molar-refractivity contribution in [1.82, 2.24) is 9.80 Å². The summed E-state index contributed by atoms with van der Waals surface area (Å²) in [6.07, 6.45) is 2.01. The SMILES string of the molecule is COC(=N)N1CC(=O)N(C)C[C@@H]1C1c2ccccc2CCc2ccccc21. The molecule has 140 valence electrons. The lowest BCUT2D eigenvalue weighted by Crippen LogP contribution is -2.59. The highest BCUT2D eigenvalue weighted by molar-refractivity contribution is 5.84. The molecule has 0 spiro atoms. The van der Waals surface area contributed by atoms with Gasteiger partial charge in [-0.25, -0.2) is 0 Å². The third-order valence-corrected chi connectivity index (χ3v) is 5.88. The van der Waals surface area contributed by atoms with E-state index < -0.39 is 0 Å². The van der Waals surface area contributed by atoms with Gasteiger partial charge in [0.25, 0.3) is 6.02 Å². The third-order valence-electron chi connectivity index (χ3n) is 5.88. The number of nitrogens with one attached hydrogen (secondary N) is 1. The Morgan fingerprint density at radius 2 is 1.59 bits per heavy atom. The molecular weight excluding hydrogens is 338 g/mol. The number of nitrogens with zero attached hydrogens (tertiary/aromatic N) is 2. The van der Waals surface area contributed by atoms with Crippen LogP contribution in [-0.2, 0) is 22.4 Å². The van der Waals surface area contributed by atoms with Crippen molar-refractivity contribution in [3.8, 4) is 0 Å². The molecule has 1 saturated heterocycles. The Morgan fingerprint density at radius 3 is 2.15 bits per heavy atom. The van der Waals surface area contributed by atoms with Crippen LogP contribution in [0.3, 0.4) is 0 Å². The van der Waals surface area contributed by atoms with Crippen LogP contribution in [0.25, 0.3) is 0 Å². The van der Waals surface area contributed by atoms with Gasteiger partial charge in [-0.2, -0.15) is 0 Å². The highest BCUT2D eigenvalue weighted by Crippen LogP contribution is 2.39. The molecule has 4 rings (SSSR count). The first-order chi connectivity index (χ1) is 13.1. The first-order valence-electron chi connectivity index (χ1n) is 9.39. The molecule has 1 heterocycles. The van der Waals surface area contributed by atoms with Crippen molar-refractivity contribution in [2.75, 3.05) is 27.2 Å². The summed E-state index contributed by atoms with van der Waals surface area (Å²) in [5.74, 6) is 0.106. The number of aryl methyl sites for hydroxylation is 2. The van der Waals surface area contributed by atoms with E-state index in [0.29, 0.717) is 6.54 Å². The van der Waals surface area contributed by atoms with Gasteiger partial charge >= 0.3 is 0 Å². The van der Waals surface area contributed by atoms with Gasteiger partial charge in [0.05, 0.1) is 13.2 Å². The quantitative estimate of drug-likeness (QED) is 0.626. The van der Waals surface area contributed by atoms with E-state index >= 15 is 0 Å². The van der Waals surface area contributed by atoms with Crippen LogP contribution in [0.2, 0.25) is 0 Å². The predicted octanol–water partition coefficient (Wildman–Crippen LogP) is 2.64. The number of carbonyl (C=O) groups is 1. The molecule has 2 aromatic rings. The van der Waals surface area contributed by atoms with Crippen molar-refractivity contribution < 1.29 is 9.53 Å². The number of benzene rings is 2. The normalized spacial score (nSPS) is 19.9. The first kappa shape index (κ1) is 17.6. The van der Waals surface area contributed by atoms with Gasteiger partial charge < -0.3 is 14.5 Å². The zero-order valence-corrected chi connectivity index (χ0v) is 15.8. The summed E-state index contributed by atoms with van der Waals surface area (Å²) in [6.45, 7) is 0.743. The topological polar surface area (TPSA) is 56.6 Å². The van der Waals surface area contributed by atoms with Crippen LogP contribution in [0.1, 0.15) is 28.2 Å². The van der Waals surface area contributed by atoms with Gasteiger partial charge in [0.1, 0.15) is 6.54 Å². The Labute approximate surface area is 160 Å². The molecule has 1 aliphatic carbocycles. The molecular formula is C22H25N3O2. The third kappa shape index (κ3) is 3.07. The van der Waals surface area contributed by atoms with E-state index in [0.717, 1.165) is 12.8 Å². The second kappa shape index (κ2) is 7.06. The molecule has 0 radical (unpaired) electrons. The van der Waals surface area contributed by atoms with E-state index in [9.17, 15) is 4.79 Å². The molecule has 0 aromatic heterocycles. The Hall–Kier alpha value is -2.82. The number of hydrogen-bond donors (Lipinski definition) is 1. The van der Waals surface area contributed by atoms with Crippen molar-refractivity contribution in [1.29, 1.82) is 5.41 Å². The van der Waals surface area contributed by atoms with Crippen molar-refractivity contribution in [2.45, 2.75) is 24.8 Å². The van der Waals surface area contributed by atoms with Crippen molar-refractivity contribution in [2.24, 2.45) is 0 Å². The Bertz CT molecular complexity index is 832. The summed E-state index contributed by atoms with van der Waals surface area (Å²) < 4.78 is 5.24. The highest BCUT2D eigenvalue weighted by Gasteiger charge is 2.40. The number of amidine groups is 1. The number of hydrogen-bond acceptors (Lipinski definition) is 3. The van der Waals surface area contributed by atoms with Crippen LogP contribution in [0.5, 0.6) is 0 Å². The molecule has 5 nitrogen and oxygen atoms in total. The van der Waals surface area contributed by atoms with Gasteiger partial charge in [0.15, 0.2) is 0 Å². The maximum absolute atomic E-state index is 12.3. The van der Waals surface area contributed by atoms with E-state index in [1.54, 1.807) is 4.90 Å². The molecule has 1 fully saturated rings. The van der Waals surface area contributed by atoms with Crippen molar-refractivity contribution >= 4 is 11.9 Å². The summed E-state index contributed by atoms with van der Waals surface area (Å²) >= 11 is 0. The number of methoxy groups -OCH3 is 1. The fourth-order valence-corrected chi connectivity index (χ4v) is 4.47. The standard InChI is InChI=1S/C22H25N3O2/c1-24-13-19(25(14-20(24)26)22(23)27-2)21-17-9-5-3-7-15(17)11-12-16-8-4-6-10-18(16)21/h3-10,19,21,23H,11-14H2,1-2H3/t19-/m1/s1. The van der Waals surface area contributed by atoms with E-state index in [2.05, 4.69) is 48.5 Å². The lowest BCUT2D eigenvalue weighted by atomic mass is 9.81. The van der Waals surface area contributed by atoms with Crippen LogP contribution in [0.4, 0.5) is 0 Å². The molecule has 27 heavy (non-hydrogen) atoms. The fraction of sp³-hybridized carbons (Fsp3) is 0.364. The zero-order valence-electron chi connectivity index (χ0n) is 15.8. The number of carbonyl (C=O) groups excluding carboxylic acids is 1. The summed E-state index contributed by atoms with van der Waals surface area (Å²) in [5.41, 5.74) is 5.29. The zero-order chi connectivity index (χ0) is 19.0.